The van der Waals surface area contributed by atoms with Crippen LogP contribution in [0.5, 0.6) is 0 Å². The molecule has 0 heterocycles. The smallest absolute Gasteiger partial charge is 0.240 e. The van der Waals surface area contributed by atoms with Crippen LogP contribution in [-0.4, -0.2) is 55.2 Å². The topological polar surface area (TPSA) is 67.6 Å². The summed E-state index contributed by atoms with van der Waals surface area (Å²) in [6.07, 6.45) is 0.677. The maximum atomic E-state index is 12.4. The summed E-state index contributed by atoms with van der Waals surface area (Å²) >= 11 is 0. The van der Waals surface area contributed by atoms with Crippen LogP contribution in [0.4, 0.5) is 0 Å². The second kappa shape index (κ2) is 9.93. The summed E-state index contributed by atoms with van der Waals surface area (Å²) in [4.78, 5) is 14.6. The molecule has 1 saturated carbocycles. The van der Waals surface area contributed by atoms with Crippen molar-refractivity contribution in [2.75, 3.05) is 32.8 Å². The van der Waals surface area contributed by atoms with Crippen molar-refractivity contribution in [2.45, 2.75) is 52.7 Å². The van der Waals surface area contributed by atoms with E-state index in [2.05, 4.69) is 24.1 Å². The first-order valence-corrected chi connectivity index (χ1v) is 7.74. The normalized spacial score (nSPS) is 25.7. The number of likely N-dealkylation sites (N-methyl/N-ethyl adjacent to an activating group) is 1. The Morgan fingerprint density at radius 1 is 1.27 bits per heavy atom. The molecule has 0 spiro atoms. The lowest BCUT2D eigenvalue weighted by atomic mass is 9.54. The Kier molecular flexibility index (Phi) is 10.9. The van der Waals surface area contributed by atoms with Crippen LogP contribution in [0.1, 0.15) is 41.0 Å². The molecule has 0 bridgehead atoms. The second-order valence-electron chi connectivity index (χ2n) is 6.12. The lowest BCUT2D eigenvalue weighted by molar-refractivity contribution is -0.170. The van der Waals surface area contributed by atoms with Crippen molar-refractivity contribution in [1.29, 1.82) is 0 Å². The van der Waals surface area contributed by atoms with Gasteiger partial charge in [0.1, 0.15) is 5.54 Å². The molecule has 22 heavy (non-hydrogen) atoms. The van der Waals surface area contributed by atoms with Crippen LogP contribution in [0.15, 0.2) is 0 Å². The molecule has 0 aromatic heterocycles. The van der Waals surface area contributed by atoms with Crippen LogP contribution in [0.2, 0.25) is 0 Å². The third kappa shape index (κ3) is 4.71. The van der Waals surface area contributed by atoms with Gasteiger partial charge in [-0.1, -0.05) is 27.7 Å². The van der Waals surface area contributed by atoms with Gasteiger partial charge in [0.25, 0.3) is 0 Å². The van der Waals surface area contributed by atoms with Crippen molar-refractivity contribution < 1.29 is 9.53 Å². The zero-order valence-electron chi connectivity index (χ0n) is 14.5. The zero-order valence-corrected chi connectivity index (χ0v) is 16.1. The zero-order chi connectivity index (χ0) is 15.4. The Morgan fingerprint density at radius 2 is 1.82 bits per heavy atom. The molecule has 0 aromatic rings. The summed E-state index contributed by atoms with van der Waals surface area (Å²) in [6.45, 7) is 14.4. The van der Waals surface area contributed by atoms with Gasteiger partial charge in [-0.15, -0.1) is 24.8 Å². The Morgan fingerprint density at radius 3 is 2.23 bits per heavy atom. The molecule has 1 fully saturated rings. The molecule has 7 heteroatoms. The molecule has 2 atom stereocenters. The van der Waals surface area contributed by atoms with Crippen molar-refractivity contribution in [3.63, 3.8) is 0 Å². The highest BCUT2D eigenvalue weighted by Gasteiger charge is 2.62. The Balaban J connectivity index is 0. The number of hydrogen-bond acceptors (Lipinski definition) is 4. The lowest BCUT2D eigenvalue weighted by Gasteiger charge is -2.57. The van der Waals surface area contributed by atoms with Crippen LogP contribution in [0.3, 0.4) is 0 Å². The number of nitrogens with zero attached hydrogens (tertiary/aromatic N) is 1. The van der Waals surface area contributed by atoms with Crippen molar-refractivity contribution in [3.05, 3.63) is 0 Å². The van der Waals surface area contributed by atoms with E-state index in [-0.39, 0.29) is 42.2 Å². The first-order chi connectivity index (χ1) is 9.33. The van der Waals surface area contributed by atoms with Crippen molar-refractivity contribution >= 4 is 30.7 Å². The molecular weight excluding hydrogens is 325 g/mol. The highest BCUT2D eigenvalue weighted by molar-refractivity contribution is 5.88. The highest BCUT2D eigenvalue weighted by atomic mass is 35.5. The molecule has 2 unspecified atom stereocenters. The minimum atomic E-state index is -0.809. The molecule has 1 amide bonds. The highest BCUT2D eigenvalue weighted by Crippen LogP contribution is 2.49. The van der Waals surface area contributed by atoms with E-state index in [1.165, 1.54) is 0 Å². The van der Waals surface area contributed by atoms with Gasteiger partial charge in [0.2, 0.25) is 5.91 Å². The number of nitrogens with one attached hydrogen (secondary N) is 1. The predicted octanol–water partition coefficient (Wildman–Crippen LogP) is 1.82. The van der Waals surface area contributed by atoms with Gasteiger partial charge < -0.3 is 20.7 Å². The summed E-state index contributed by atoms with van der Waals surface area (Å²) in [5.74, 6) is -0.0504. The number of halogens is 2. The van der Waals surface area contributed by atoms with E-state index in [1.54, 1.807) is 0 Å². The number of rotatable bonds is 8. The van der Waals surface area contributed by atoms with Crippen molar-refractivity contribution in [3.8, 4) is 0 Å². The van der Waals surface area contributed by atoms with E-state index in [4.69, 9.17) is 10.5 Å². The standard InChI is InChI=1S/C15H31N3O2.2ClH/c1-6-18(7-2)10-9-17-13(19)15(16)11-12(20-8-3)14(15,4)5;;/h12H,6-11,16H2,1-5H3,(H,17,19);2*1H. The van der Waals surface area contributed by atoms with Gasteiger partial charge >= 0.3 is 0 Å². The van der Waals surface area contributed by atoms with Crippen LogP contribution >= 0.6 is 24.8 Å². The molecular formula is C15H33Cl2N3O2. The van der Waals surface area contributed by atoms with Gasteiger partial charge in [0.15, 0.2) is 0 Å². The Bertz CT molecular complexity index is 339. The average Bonchev–Trinajstić information content (AvgIpc) is 2.42. The van der Waals surface area contributed by atoms with Gasteiger partial charge in [0.05, 0.1) is 6.10 Å². The van der Waals surface area contributed by atoms with Crippen LogP contribution in [0, 0.1) is 5.41 Å². The third-order valence-corrected chi connectivity index (χ3v) is 4.84. The van der Waals surface area contributed by atoms with E-state index in [0.29, 0.717) is 19.6 Å². The summed E-state index contributed by atoms with van der Waals surface area (Å²) in [7, 11) is 0. The van der Waals surface area contributed by atoms with E-state index >= 15 is 0 Å². The van der Waals surface area contributed by atoms with Crippen molar-refractivity contribution in [2.24, 2.45) is 11.1 Å². The molecule has 1 rings (SSSR count). The maximum absolute atomic E-state index is 12.4. The number of amides is 1. The number of carbonyl (C=O) groups excluding carboxylic acids is 1. The van der Waals surface area contributed by atoms with Gasteiger partial charge in [-0.3, -0.25) is 4.79 Å². The van der Waals surface area contributed by atoms with Gasteiger partial charge in [-0.25, -0.2) is 0 Å². The molecule has 134 valence electrons. The molecule has 0 aliphatic heterocycles. The number of carbonyl (C=O) groups is 1. The molecule has 5 nitrogen and oxygen atoms in total. The maximum Gasteiger partial charge on any atom is 0.240 e. The van der Waals surface area contributed by atoms with Crippen LogP contribution < -0.4 is 11.1 Å². The fraction of sp³-hybridized carbons (Fsp3) is 0.933. The van der Waals surface area contributed by atoms with Gasteiger partial charge in [0, 0.05) is 31.5 Å². The summed E-state index contributed by atoms with van der Waals surface area (Å²) in [5.41, 5.74) is 5.19. The fourth-order valence-corrected chi connectivity index (χ4v) is 2.85. The lowest BCUT2D eigenvalue weighted by Crippen LogP contribution is -2.75. The summed E-state index contributed by atoms with van der Waals surface area (Å²) in [6, 6.07) is 0. The third-order valence-electron chi connectivity index (χ3n) is 4.84. The molecule has 1 aliphatic carbocycles. The monoisotopic (exact) mass is 357 g/mol. The minimum absolute atomic E-state index is 0. The van der Waals surface area contributed by atoms with Gasteiger partial charge in [-0.05, 0) is 20.0 Å². The number of nitrogens with two attached hydrogens (primary N) is 1. The van der Waals surface area contributed by atoms with E-state index in [9.17, 15) is 4.79 Å². The first-order valence-electron chi connectivity index (χ1n) is 7.74. The average molecular weight is 358 g/mol. The largest absolute Gasteiger partial charge is 0.378 e. The van der Waals surface area contributed by atoms with Crippen LogP contribution in [0.25, 0.3) is 0 Å². The fourth-order valence-electron chi connectivity index (χ4n) is 2.85. The number of ether oxygens (including phenoxy) is 1. The second-order valence-corrected chi connectivity index (χ2v) is 6.12. The first kappa shape index (κ1) is 24.2. The molecule has 0 radical (unpaired) electrons. The summed E-state index contributed by atoms with van der Waals surface area (Å²) < 4.78 is 5.65. The van der Waals surface area contributed by atoms with Crippen LogP contribution in [-0.2, 0) is 9.53 Å². The number of hydrogen-bond donors (Lipinski definition) is 2. The Labute approximate surface area is 147 Å². The Hall–Kier alpha value is -0.0700. The molecule has 0 aromatic carbocycles. The quantitative estimate of drug-likeness (QED) is 0.695. The SMILES string of the molecule is CCOC1CC(N)(C(=O)NCCN(CC)CC)C1(C)C.Cl.Cl. The van der Waals surface area contributed by atoms with Gasteiger partial charge in [-0.2, -0.15) is 0 Å². The predicted molar refractivity (Wildman–Crippen MR) is 96.0 cm³/mol. The van der Waals surface area contributed by atoms with Crippen molar-refractivity contribution in [1.82, 2.24) is 10.2 Å². The molecule has 3 N–H and O–H groups in total. The summed E-state index contributed by atoms with van der Waals surface area (Å²) in [5, 5.41) is 2.98. The van der Waals surface area contributed by atoms with E-state index < -0.39 is 5.54 Å². The van der Waals surface area contributed by atoms with E-state index in [0.717, 1.165) is 19.6 Å². The van der Waals surface area contributed by atoms with E-state index in [1.807, 2.05) is 20.8 Å². The molecule has 1 aliphatic rings. The minimum Gasteiger partial charge on any atom is -0.378 e. The molecule has 0 saturated heterocycles.